The van der Waals surface area contributed by atoms with Gasteiger partial charge in [0, 0.05) is 10.9 Å². The molecule has 0 fully saturated rings. The summed E-state index contributed by atoms with van der Waals surface area (Å²) in [5, 5.41) is 2.16. The lowest BCUT2D eigenvalue weighted by atomic mass is 10.0. The third-order valence-corrected chi connectivity index (χ3v) is 3.60. The van der Waals surface area contributed by atoms with Crippen molar-refractivity contribution < 1.29 is 0 Å². The second-order valence-electron chi connectivity index (χ2n) is 4.29. The van der Waals surface area contributed by atoms with E-state index >= 15 is 0 Å². The van der Waals surface area contributed by atoms with Gasteiger partial charge in [-0.1, -0.05) is 29.8 Å². The van der Waals surface area contributed by atoms with Crippen LogP contribution >= 0.6 is 11.3 Å². The fourth-order valence-electron chi connectivity index (χ4n) is 1.87. The van der Waals surface area contributed by atoms with E-state index < -0.39 is 0 Å². The highest BCUT2D eigenvalue weighted by atomic mass is 32.1. The summed E-state index contributed by atoms with van der Waals surface area (Å²) >= 11 is 1.77. The van der Waals surface area contributed by atoms with E-state index in [1.165, 1.54) is 21.6 Å². The van der Waals surface area contributed by atoms with E-state index in [9.17, 15) is 0 Å². The molecule has 84 valence electrons. The van der Waals surface area contributed by atoms with Gasteiger partial charge in [-0.05, 0) is 42.8 Å². The van der Waals surface area contributed by atoms with Gasteiger partial charge in [-0.15, -0.1) is 11.3 Å². The van der Waals surface area contributed by atoms with Gasteiger partial charge in [0.2, 0.25) is 0 Å². The zero-order chi connectivity index (χ0) is 11.5. The van der Waals surface area contributed by atoms with Gasteiger partial charge >= 0.3 is 0 Å². The SMILES string of the molecule is Cc1cccc(CC(N)c2csc(C)c2)c1. The molecule has 2 aromatic rings. The number of hydrogen-bond acceptors (Lipinski definition) is 2. The van der Waals surface area contributed by atoms with E-state index in [-0.39, 0.29) is 6.04 Å². The zero-order valence-corrected chi connectivity index (χ0v) is 10.6. The first-order valence-corrected chi connectivity index (χ1v) is 6.39. The molecule has 1 nitrogen and oxygen atoms in total. The molecule has 0 spiro atoms. The van der Waals surface area contributed by atoms with Crippen LogP contribution in [0.4, 0.5) is 0 Å². The molecule has 0 bridgehead atoms. The number of nitrogens with two attached hydrogens (primary N) is 1. The van der Waals surface area contributed by atoms with Crippen molar-refractivity contribution in [1.82, 2.24) is 0 Å². The fourth-order valence-corrected chi connectivity index (χ4v) is 2.64. The maximum absolute atomic E-state index is 6.20. The smallest absolute Gasteiger partial charge is 0.0344 e. The van der Waals surface area contributed by atoms with Gasteiger partial charge in [0.25, 0.3) is 0 Å². The fraction of sp³-hybridized carbons (Fsp3) is 0.286. The highest BCUT2D eigenvalue weighted by Crippen LogP contribution is 2.21. The number of aryl methyl sites for hydroxylation is 2. The van der Waals surface area contributed by atoms with Crippen molar-refractivity contribution in [2.75, 3.05) is 0 Å². The Labute approximate surface area is 101 Å². The zero-order valence-electron chi connectivity index (χ0n) is 9.73. The minimum atomic E-state index is 0.117. The minimum Gasteiger partial charge on any atom is -0.324 e. The van der Waals surface area contributed by atoms with Crippen LogP contribution in [0.5, 0.6) is 0 Å². The van der Waals surface area contributed by atoms with Crippen molar-refractivity contribution in [2.45, 2.75) is 26.3 Å². The quantitative estimate of drug-likeness (QED) is 0.858. The molecule has 0 aliphatic carbocycles. The molecule has 1 aromatic carbocycles. The number of rotatable bonds is 3. The van der Waals surface area contributed by atoms with Gasteiger partial charge in [-0.3, -0.25) is 0 Å². The Hall–Kier alpha value is -1.12. The molecule has 0 aliphatic heterocycles. The molecule has 1 aromatic heterocycles. The van der Waals surface area contributed by atoms with Crippen molar-refractivity contribution in [3.63, 3.8) is 0 Å². The van der Waals surface area contributed by atoms with Crippen LogP contribution in [0.2, 0.25) is 0 Å². The normalized spacial score (nSPS) is 12.7. The lowest BCUT2D eigenvalue weighted by Crippen LogP contribution is -2.12. The first-order valence-electron chi connectivity index (χ1n) is 5.51. The molecule has 2 heteroatoms. The van der Waals surface area contributed by atoms with Crippen molar-refractivity contribution in [3.05, 3.63) is 57.3 Å². The summed E-state index contributed by atoms with van der Waals surface area (Å²) in [5.41, 5.74) is 10.1. The van der Waals surface area contributed by atoms with Crippen LogP contribution in [0, 0.1) is 13.8 Å². The maximum atomic E-state index is 6.20. The van der Waals surface area contributed by atoms with Crippen LogP contribution in [0.3, 0.4) is 0 Å². The van der Waals surface area contributed by atoms with Gasteiger partial charge in [0.15, 0.2) is 0 Å². The Balaban J connectivity index is 2.10. The predicted octanol–water partition coefficient (Wildman–Crippen LogP) is 3.61. The summed E-state index contributed by atoms with van der Waals surface area (Å²) in [5.74, 6) is 0. The molecular weight excluding hydrogens is 214 g/mol. The molecule has 1 unspecified atom stereocenters. The van der Waals surface area contributed by atoms with Gasteiger partial charge in [0.05, 0.1) is 0 Å². The molecule has 16 heavy (non-hydrogen) atoms. The van der Waals surface area contributed by atoms with Crippen molar-refractivity contribution >= 4 is 11.3 Å². The molecule has 0 aliphatic rings. The lowest BCUT2D eigenvalue weighted by molar-refractivity contribution is 0.724. The maximum Gasteiger partial charge on any atom is 0.0344 e. The van der Waals surface area contributed by atoms with Gasteiger partial charge < -0.3 is 5.73 Å². The Morgan fingerprint density at radius 1 is 1.25 bits per heavy atom. The summed E-state index contributed by atoms with van der Waals surface area (Å²) in [7, 11) is 0. The van der Waals surface area contributed by atoms with Crippen molar-refractivity contribution in [3.8, 4) is 0 Å². The second kappa shape index (κ2) is 4.81. The largest absolute Gasteiger partial charge is 0.324 e. The van der Waals surface area contributed by atoms with Crippen molar-refractivity contribution in [2.24, 2.45) is 5.73 Å². The van der Waals surface area contributed by atoms with Crippen LogP contribution in [0.1, 0.15) is 27.6 Å². The molecule has 2 N–H and O–H groups in total. The Bertz CT molecular complexity index is 473. The Morgan fingerprint density at radius 3 is 2.69 bits per heavy atom. The summed E-state index contributed by atoms with van der Waals surface area (Å²) in [4.78, 5) is 1.33. The standard InChI is InChI=1S/C14H17NS/c1-10-4-3-5-12(6-10)8-14(15)13-7-11(2)16-9-13/h3-7,9,14H,8,15H2,1-2H3. The van der Waals surface area contributed by atoms with Crippen LogP contribution in [0.15, 0.2) is 35.7 Å². The summed E-state index contributed by atoms with van der Waals surface area (Å²) in [6.45, 7) is 4.23. The highest BCUT2D eigenvalue weighted by Gasteiger charge is 2.08. The molecule has 2 rings (SSSR count). The summed E-state index contributed by atoms with van der Waals surface area (Å²) in [6.07, 6.45) is 0.915. The number of benzene rings is 1. The first-order chi connectivity index (χ1) is 7.65. The molecule has 1 heterocycles. The van der Waals surface area contributed by atoms with Gasteiger partial charge in [0.1, 0.15) is 0 Å². The first kappa shape index (κ1) is 11.4. The van der Waals surface area contributed by atoms with Crippen LogP contribution in [0.25, 0.3) is 0 Å². The average molecular weight is 231 g/mol. The molecule has 0 saturated carbocycles. The molecule has 0 radical (unpaired) electrons. The monoisotopic (exact) mass is 231 g/mol. The molecule has 1 atom stereocenters. The third-order valence-electron chi connectivity index (χ3n) is 2.72. The van der Waals surface area contributed by atoms with Gasteiger partial charge in [-0.25, -0.2) is 0 Å². The Morgan fingerprint density at radius 2 is 2.06 bits per heavy atom. The summed E-state index contributed by atoms with van der Waals surface area (Å²) < 4.78 is 0. The molecular formula is C14H17NS. The van der Waals surface area contributed by atoms with E-state index in [0.29, 0.717) is 0 Å². The topological polar surface area (TPSA) is 26.0 Å². The summed E-state index contributed by atoms with van der Waals surface area (Å²) in [6, 6.07) is 10.9. The third kappa shape index (κ3) is 2.71. The van der Waals surface area contributed by atoms with Crippen LogP contribution < -0.4 is 5.73 Å². The lowest BCUT2D eigenvalue weighted by Gasteiger charge is -2.10. The number of thiophene rings is 1. The second-order valence-corrected chi connectivity index (χ2v) is 5.41. The van der Waals surface area contributed by atoms with E-state index in [2.05, 4.69) is 49.6 Å². The van der Waals surface area contributed by atoms with Gasteiger partial charge in [-0.2, -0.15) is 0 Å². The van der Waals surface area contributed by atoms with E-state index in [1.54, 1.807) is 11.3 Å². The minimum absolute atomic E-state index is 0.117. The van der Waals surface area contributed by atoms with Crippen molar-refractivity contribution in [1.29, 1.82) is 0 Å². The van der Waals surface area contributed by atoms with E-state index in [1.807, 2.05) is 0 Å². The van der Waals surface area contributed by atoms with Crippen LogP contribution in [-0.2, 0) is 6.42 Å². The predicted molar refractivity (Wildman–Crippen MR) is 70.9 cm³/mol. The molecule has 0 saturated heterocycles. The Kier molecular flexibility index (Phi) is 3.42. The highest BCUT2D eigenvalue weighted by molar-refractivity contribution is 7.10. The number of hydrogen-bond donors (Lipinski definition) is 1. The van der Waals surface area contributed by atoms with E-state index in [4.69, 9.17) is 5.73 Å². The average Bonchev–Trinajstić information content (AvgIpc) is 2.65. The molecule has 0 amide bonds. The van der Waals surface area contributed by atoms with E-state index in [0.717, 1.165) is 6.42 Å². The van der Waals surface area contributed by atoms with Crippen LogP contribution in [-0.4, -0.2) is 0 Å².